The number of aryl methyl sites for hydroxylation is 1. The first kappa shape index (κ1) is 13.5. The van der Waals surface area contributed by atoms with Crippen LogP contribution in [0, 0.1) is 14.9 Å². The Morgan fingerprint density at radius 3 is 3.05 bits per heavy atom. The molecule has 0 saturated carbocycles. The fraction of sp³-hybridized carbons (Fsp3) is 0.167. The van der Waals surface area contributed by atoms with Gasteiger partial charge in [0.2, 0.25) is 5.82 Å². The molecule has 0 radical (unpaired) electrons. The zero-order valence-electron chi connectivity index (χ0n) is 10.2. The molecule has 19 heavy (non-hydrogen) atoms. The number of halogens is 1. The molecule has 0 atom stereocenters. The summed E-state index contributed by atoms with van der Waals surface area (Å²) in [5, 5.41) is 25.5. The van der Waals surface area contributed by atoms with Crippen molar-refractivity contribution < 1.29 is 0 Å². The van der Waals surface area contributed by atoms with Gasteiger partial charge in [0, 0.05) is 15.5 Å². The Balaban J connectivity index is 2.24. The molecular formula is C12H11IN6. The highest BCUT2D eigenvalue weighted by molar-refractivity contribution is 14.1. The number of hydrogen-bond acceptors (Lipinski definition) is 5. The largest absolute Gasteiger partial charge is 0.360 e. The highest BCUT2D eigenvalue weighted by Crippen LogP contribution is 2.20. The van der Waals surface area contributed by atoms with E-state index < -0.39 is 0 Å². The number of H-pyrrole nitrogens is 1. The molecule has 0 unspecified atom stereocenters. The van der Waals surface area contributed by atoms with E-state index in [1.165, 1.54) is 9.13 Å². The molecule has 0 bridgehead atoms. The van der Waals surface area contributed by atoms with Crippen LogP contribution in [0.5, 0.6) is 0 Å². The first-order valence-corrected chi connectivity index (χ1v) is 6.71. The van der Waals surface area contributed by atoms with Gasteiger partial charge in [0.05, 0.1) is 0 Å². The van der Waals surface area contributed by atoms with Crippen molar-refractivity contribution >= 4 is 33.9 Å². The molecule has 0 amide bonds. The Labute approximate surface area is 124 Å². The minimum absolute atomic E-state index is 0.276. The second-order valence-electron chi connectivity index (χ2n) is 3.70. The van der Waals surface area contributed by atoms with Gasteiger partial charge in [-0.15, -0.1) is 10.2 Å². The van der Waals surface area contributed by atoms with Crippen molar-refractivity contribution in [2.24, 2.45) is 0 Å². The van der Waals surface area contributed by atoms with Crippen molar-refractivity contribution in [2.75, 3.05) is 5.32 Å². The normalized spacial score (nSPS) is 11.1. The number of aromatic nitrogens is 4. The SMILES string of the molecule is CCc1cc(I)ccc1NC=C(C#N)c1nn[nH]n1. The number of rotatable bonds is 4. The van der Waals surface area contributed by atoms with Crippen LogP contribution in [0.1, 0.15) is 18.3 Å². The highest BCUT2D eigenvalue weighted by atomic mass is 127. The number of nitrogens with zero attached hydrogens (tertiary/aromatic N) is 4. The smallest absolute Gasteiger partial charge is 0.216 e. The van der Waals surface area contributed by atoms with Crippen LogP contribution in [0.25, 0.3) is 5.57 Å². The Bertz CT molecular complexity index is 626. The van der Waals surface area contributed by atoms with Crippen molar-refractivity contribution in [1.82, 2.24) is 20.6 Å². The van der Waals surface area contributed by atoms with Gasteiger partial charge in [0.15, 0.2) is 0 Å². The lowest BCUT2D eigenvalue weighted by atomic mass is 10.1. The maximum absolute atomic E-state index is 9.07. The molecule has 0 saturated heterocycles. The summed E-state index contributed by atoms with van der Waals surface area (Å²) in [7, 11) is 0. The van der Waals surface area contributed by atoms with Gasteiger partial charge in [-0.1, -0.05) is 6.92 Å². The van der Waals surface area contributed by atoms with Gasteiger partial charge in [-0.3, -0.25) is 0 Å². The molecule has 7 heteroatoms. The molecule has 2 aromatic rings. The fourth-order valence-corrected chi connectivity index (χ4v) is 2.12. The maximum atomic E-state index is 9.07. The van der Waals surface area contributed by atoms with Gasteiger partial charge in [0.25, 0.3) is 0 Å². The van der Waals surface area contributed by atoms with E-state index in [9.17, 15) is 0 Å². The number of benzene rings is 1. The van der Waals surface area contributed by atoms with Gasteiger partial charge in [0.1, 0.15) is 11.6 Å². The summed E-state index contributed by atoms with van der Waals surface area (Å²) in [6.45, 7) is 2.09. The number of anilines is 1. The number of hydrogen-bond donors (Lipinski definition) is 2. The molecule has 1 aromatic heterocycles. The van der Waals surface area contributed by atoms with Gasteiger partial charge >= 0.3 is 0 Å². The molecule has 2 N–H and O–H groups in total. The van der Waals surface area contributed by atoms with E-state index in [4.69, 9.17) is 5.26 Å². The Morgan fingerprint density at radius 2 is 2.42 bits per heavy atom. The fourth-order valence-electron chi connectivity index (χ4n) is 1.57. The molecule has 0 aliphatic carbocycles. The lowest BCUT2D eigenvalue weighted by Crippen LogP contribution is -1.97. The zero-order valence-corrected chi connectivity index (χ0v) is 12.3. The summed E-state index contributed by atoms with van der Waals surface area (Å²) < 4.78 is 1.18. The lowest BCUT2D eigenvalue weighted by Gasteiger charge is -2.08. The van der Waals surface area contributed by atoms with Crippen molar-refractivity contribution in [3.8, 4) is 6.07 Å². The van der Waals surface area contributed by atoms with E-state index in [1.807, 2.05) is 18.2 Å². The molecule has 1 heterocycles. The van der Waals surface area contributed by atoms with Crippen LogP contribution < -0.4 is 5.32 Å². The Hall–Kier alpha value is -1.95. The van der Waals surface area contributed by atoms with E-state index in [1.54, 1.807) is 6.20 Å². The summed E-state index contributed by atoms with van der Waals surface area (Å²) >= 11 is 2.28. The van der Waals surface area contributed by atoms with Gasteiger partial charge < -0.3 is 5.32 Å². The first-order chi connectivity index (χ1) is 9.24. The average Bonchev–Trinajstić information content (AvgIpc) is 2.94. The number of allylic oxidation sites excluding steroid dienone is 1. The van der Waals surface area contributed by atoms with Crippen molar-refractivity contribution in [3.63, 3.8) is 0 Å². The predicted octanol–water partition coefficient (Wildman–Crippen LogP) is 2.34. The molecular weight excluding hydrogens is 355 g/mol. The second-order valence-corrected chi connectivity index (χ2v) is 4.95. The van der Waals surface area contributed by atoms with Crippen molar-refractivity contribution in [2.45, 2.75) is 13.3 Å². The predicted molar refractivity (Wildman–Crippen MR) is 79.9 cm³/mol. The summed E-state index contributed by atoms with van der Waals surface area (Å²) in [6.07, 6.45) is 2.50. The van der Waals surface area contributed by atoms with E-state index in [0.717, 1.165) is 12.1 Å². The molecule has 0 aliphatic rings. The third kappa shape index (κ3) is 3.29. The highest BCUT2D eigenvalue weighted by Gasteiger charge is 2.06. The molecule has 96 valence electrons. The van der Waals surface area contributed by atoms with Crippen LogP contribution in [0.3, 0.4) is 0 Å². The number of tetrazole rings is 1. The molecule has 0 spiro atoms. The van der Waals surface area contributed by atoms with Crippen LogP contribution in [0.15, 0.2) is 24.4 Å². The van der Waals surface area contributed by atoms with Crippen molar-refractivity contribution in [1.29, 1.82) is 5.26 Å². The molecule has 6 nitrogen and oxygen atoms in total. The minimum atomic E-state index is 0.276. The average molecular weight is 366 g/mol. The quantitative estimate of drug-likeness (QED) is 0.640. The summed E-state index contributed by atoms with van der Waals surface area (Å²) in [6, 6.07) is 8.14. The number of aromatic amines is 1. The monoisotopic (exact) mass is 366 g/mol. The van der Waals surface area contributed by atoms with E-state index in [-0.39, 0.29) is 5.82 Å². The van der Waals surface area contributed by atoms with Crippen LogP contribution in [0.2, 0.25) is 0 Å². The van der Waals surface area contributed by atoms with E-state index >= 15 is 0 Å². The maximum Gasteiger partial charge on any atom is 0.216 e. The summed E-state index contributed by atoms with van der Waals surface area (Å²) in [4.78, 5) is 0. The third-order valence-electron chi connectivity index (χ3n) is 2.53. The Kier molecular flexibility index (Phi) is 4.46. The standard InChI is InChI=1S/C12H11IN6/c1-2-8-5-10(13)3-4-11(8)15-7-9(6-14)12-16-18-19-17-12/h3-5,7,15H,2H2,1H3,(H,16,17,18,19). The van der Waals surface area contributed by atoms with E-state index in [2.05, 4.69) is 61.5 Å². The van der Waals surface area contributed by atoms with Crippen LogP contribution in [-0.2, 0) is 6.42 Å². The van der Waals surface area contributed by atoms with E-state index in [0.29, 0.717) is 5.57 Å². The van der Waals surface area contributed by atoms with Crippen molar-refractivity contribution in [3.05, 3.63) is 39.4 Å². The molecule has 0 aliphatic heterocycles. The first-order valence-electron chi connectivity index (χ1n) is 5.63. The summed E-state index contributed by atoms with van der Waals surface area (Å²) in [5.74, 6) is 0.276. The number of nitriles is 1. The van der Waals surface area contributed by atoms with Crippen LogP contribution in [0.4, 0.5) is 5.69 Å². The van der Waals surface area contributed by atoms with Crippen LogP contribution >= 0.6 is 22.6 Å². The zero-order chi connectivity index (χ0) is 13.7. The lowest BCUT2D eigenvalue weighted by molar-refractivity contribution is 0.881. The van der Waals surface area contributed by atoms with Gasteiger partial charge in [-0.2, -0.15) is 10.5 Å². The van der Waals surface area contributed by atoms with Gasteiger partial charge in [-0.25, -0.2) is 0 Å². The molecule has 1 aromatic carbocycles. The summed E-state index contributed by atoms with van der Waals surface area (Å²) in [5.41, 5.74) is 2.49. The Morgan fingerprint density at radius 1 is 1.58 bits per heavy atom. The van der Waals surface area contributed by atoms with Crippen LogP contribution in [-0.4, -0.2) is 20.6 Å². The topological polar surface area (TPSA) is 90.3 Å². The molecule has 2 rings (SSSR count). The van der Waals surface area contributed by atoms with Gasteiger partial charge in [-0.05, 0) is 58.0 Å². The third-order valence-corrected chi connectivity index (χ3v) is 3.20. The minimum Gasteiger partial charge on any atom is -0.360 e. The second kappa shape index (κ2) is 6.29. The molecule has 0 fully saturated rings. The number of nitrogens with one attached hydrogen (secondary N) is 2.